The predicted molar refractivity (Wildman–Crippen MR) is 61.1 cm³/mol. The van der Waals surface area contributed by atoms with Crippen molar-refractivity contribution in [3.05, 3.63) is 35.2 Å². The van der Waals surface area contributed by atoms with Gasteiger partial charge in [-0.3, -0.25) is 5.21 Å². The molecular formula is C10H12N2O2S. The Bertz CT molecular complexity index is 420. The quantitative estimate of drug-likeness (QED) is 0.474. The zero-order valence-electron chi connectivity index (χ0n) is 8.23. The SMILES string of the molecule is Cc1cc2ccccc2s1.NC(=O)NO. The van der Waals surface area contributed by atoms with Crippen LogP contribution in [0.2, 0.25) is 0 Å². The number of carbonyl (C=O) groups excluding carboxylic acids is 1. The number of fused-ring (bicyclic) bond motifs is 1. The van der Waals surface area contributed by atoms with Gasteiger partial charge >= 0.3 is 6.03 Å². The second kappa shape index (κ2) is 5.33. The Morgan fingerprint density at radius 3 is 2.60 bits per heavy atom. The van der Waals surface area contributed by atoms with E-state index >= 15 is 0 Å². The Labute approximate surface area is 91.3 Å². The second-order valence-electron chi connectivity index (χ2n) is 2.87. The van der Waals surface area contributed by atoms with Gasteiger partial charge in [-0.05, 0) is 24.4 Å². The number of nitrogens with one attached hydrogen (secondary N) is 1. The van der Waals surface area contributed by atoms with Crippen LogP contribution in [0.4, 0.5) is 4.79 Å². The zero-order chi connectivity index (χ0) is 11.3. The summed E-state index contributed by atoms with van der Waals surface area (Å²) in [4.78, 5) is 10.6. The summed E-state index contributed by atoms with van der Waals surface area (Å²) >= 11 is 1.85. The normalized spacial score (nSPS) is 9.20. The lowest BCUT2D eigenvalue weighted by atomic mass is 10.2. The fraction of sp³-hybridized carbons (Fsp3) is 0.100. The van der Waals surface area contributed by atoms with Crippen molar-refractivity contribution < 1.29 is 10.0 Å². The van der Waals surface area contributed by atoms with E-state index in [9.17, 15) is 4.79 Å². The Kier molecular flexibility index (Phi) is 4.08. The number of rotatable bonds is 0. The van der Waals surface area contributed by atoms with Gasteiger partial charge in [0.2, 0.25) is 0 Å². The third kappa shape index (κ3) is 3.57. The van der Waals surface area contributed by atoms with Crippen LogP contribution in [-0.2, 0) is 0 Å². The number of nitrogens with two attached hydrogens (primary N) is 1. The van der Waals surface area contributed by atoms with E-state index in [2.05, 4.69) is 43.0 Å². The Morgan fingerprint density at radius 1 is 1.47 bits per heavy atom. The Morgan fingerprint density at radius 2 is 2.07 bits per heavy atom. The minimum Gasteiger partial charge on any atom is -0.350 e. The molecule has 0 fully saturated rings. The van der Waals surface area contributed by atoms with Crippen LogP contribution in [-0.4, -0.2) is 11.2 Å². The van der Waals surface area contributed by atoms with Crippen molar-refractivity contribution in [3.63, 3.8) is 0 Å². The van der Waals surface area contributed by atoms with Gasteiger partial charge in [0.05, 0.1) is 0 Å². The first-order valence-electron chi connectivity index (χ1n) is 4.28. The average Bonchev–Trinajstić information content (AvgIpc) is 2.58. The number of thiophene rings is 1. The molecule has 2 rings (SSSR count). The van der Waals surface area contributed by atoms with E-state index in [1.165, 1.54) is 20.4 Å². The summed E-state index contributed by atoms with van der Waals surface area (Å²) in [5, 5.41) is 8.78. The first kappa shape index (κ1) is 11.5. The van der Waals surface area contributed by atoms with Gasteiger partial charge < -0.3 is 5.73 Å². The molecule has 1 aromatic carbocycles. The fourth-order valence-electron chi connectivity index (χ4n) is 1.11. The number of primary amides is 1. The van der Waals surface area contributed by atoms with Crippen LogP contribution in [0.3, 0.4) is 0 Å². The van der Waals surface area contributed by atoms with E-state index < -0.39 is 6.03 Å². The standard InChI is InChI=1S/C9H8S.CH4N2O2/c1-7-6-8-4-2-3-5-9(8)10-7;2-1(4)3-5/h2-6H,1H3;5H,(H3,2,3,4). The molecule has 0 radical (unpaired) electrons. The van der Waals surface area contributed by atoms with Gasteiger partial charge in [0, 0.05) is 9.58 Å². The lowest BCUT2D eigenvalue weighted by molar-refractivity contribution is 0.169. The van der Waals surface area contributed by atoms with Crippen LogP contribution < -0.4 is 11.2 Å². The molecule has 0 spiro atoms. The molecule has 4 nitrogen and oxygen atoms in total. The van der Waals surface area contributed by atoms with Crippen molar-refractivity contribution in [1.82, 2.24) is 5.48 Å². The monoisotopic (exact) mass is 224 g/mol. The molecule has 0 unspecified atom stereocenters. The number of urea groups is 1. The van der Waals surface area contributed by atoms with Crippen LogP contribution in [0.25, 0.3) is 10.1 Å². The maximum Gasteiger partial charge on any atom is 0.335 e. The molecule has 2 amide bonds. The predicted octanol–water partition coefficient (Wildman–Crippen LogP) is 2.25. The lowest BCUT2D eigenvalue weighted by Gasteiger charge is -1.82. The van der Waals surface area contributed by atoms with Crippen LogP contribution in [0.15, 0.2) is 30.3 Å². The third-order valence-electron chi connectivity index (χ3n) is 1.66. The number of amides is 2. The molecule has 0 saturated heterocycles. The van der Waals surface area contributed by atoms with Crippen molar-refractivity contribution in [3.8, 4) is 0 Å². The summed E-state index contributed by atoms with van der Waals surface area (Å²) < 4.78 is 1.39. The van der Waals surface area contributed by atoms with Crippen LogP contribution in [0, 0.1) is 6.92 Å². The molecule has 2 aromatic rings. The highest BCUT2D eigenvalue weighted by Crippen LogP contribution is 2.23. The summed E-state index contributed by atoms with van der Waals surface area (Å²) in [5.74, 6) is 0. The van der Waals surface area contributed by atoms with E-state index in [1.807, 2.05) is 11.3 Å². The molecular weight excluding hydrogens is 212 g/mol. The molecule has 1 heterocycles. The van der Waals surface area contributed by atoms with Gasteiger partial charge in [-0.15, -0.1) is 11.3 Å². The minimum absolute atomic E-state index is 0.940. The maximum atomic E-state index is 9.23. The number of aryl methyl sites for hydroxylation is 1. The van der Waals surface area contributed by atoms with E-state index in [4.69, 9.17) is 5.21 Å². The van der Waals surface area contributed by atoms with Gasteiger partial charge in [-0.25, -0.2) is 10.3 Å². The van der Waals surface area contributed by atoms with Gasteiger partial charge in [0.1, 0.15) is 0 Å². The van der Waals surface area contributed by atoms with Crippen molar-refractivity contribution in [1.29, 1.82) is 0 Å². The number of benzene rings is 1. The minimum atomic E-state index is -0.940. The Hall–Kier alpha value is -1.59. The van der Waals surface area contributed by atoms with Gasteiger partial charge in [0.15, 0.2) is 0 Å². The highest BCUT2D eigenvalue weighted by molar-refractivity contribution is 7.19. The number of carbonyl (C=O) groups is 1. The molecule has 1 aromatic heterocycles. The highest BCUT2D eigenvalue weighted by atomic mass is 32.1. The maximum absolute atomic E-state index is 9.23. The first-order valence-corrected chi connectivity index (χ1v) is 5.10. The smallest absolute Gasteiger partial charge is 0.335 e. The molecule has 0 aliphatic carbocycles. The van der Waals surface area contributed by atoms with Crippen LogP contribution in [0.5, 0.6) is 0 Å². The first-order chi connectivity index (χ1) is 7.13. The highest BCUT2D eigenvalue weighted by Gasteiger charge is 1.93. The van der Waals surface area contributed by atoms with Crippen molar-refractivity contribution >= 4 is 27.5 Å². The van der Waals surface area contributed by atoms with E-state index in [0.29, 0.717) is 0 Å². The summed E-state index contributed by atoms with van der Waals surface area (Å²) in [6.45, 7) is 2.14. The van der Waals surface area contributed by atoms with Gasteiger partial charge in [-0.1, -0.05) is 18.2 Å². The number of hydroxylamine groups is 1. The molecule has 4 N–H and O–H groups in total. The van der Waals surface area contributed by atoms with Crippen molar-refractivity contribution in [2.75, 3.05) is 0 Å². The largest absolute Gasteiger partial charge is 0.350 e. The molecule has 0 aliphatic heterocycles. The average molecular weight is 224 g/mol. The fourth-order valence-corrected chi connectivity index (χ4v) is 2.04. The third-order valence-corrected chi connectivity index (χ3v) is 2.69. The number of hydrogen-bond donors (Lipinski definition) is 3. The van der Waals surface area contributed by atoms with E-state index in [0.717, 1.165) is 0 Å². The molecule has 5 heteroatoms. The van der Waals surface area contributed by atoms with E-state index in [1.54, 1.807) is 0 Å². The van der Waals surface area contributed by atoms with Crippen molar-refractivity contribution in [2.45, 2.75) is 6.92 Å². The van der Waals surface area contributed by atoms with Crippen molar-refractivity contribution in [2.24, 2.45) is 5.73 Å². The molecule has 0 aliphatic rings. The summed E-state index contributed by atoms with van der Waals surface area (Å²) in [6, 6.07) is 9.75. The molecule has 0 bridgehead atoms. The van der Waals surface area contributed by atoms with Gasteiger partial charge in [-0.2, -0.15) is 0 Å². The van der Waals surface area contributed by atoms with Crippen LogP contribution >= 0.6 is 11.3 Å². The molecule has 15 heavy (non-hydrogen) atoms. The lowest BCUT2D eigenvalue weighted by Crippen LogP contribution is -2.25. The summed E-state index contributed by atoms with van der Waals surface area (Å²) in [6.07, 6.45) is 0. The summed E-state index contributed by atoms with van der Waals surface area (Å²) in [7, 11) is 0. The molecule has 0 saturated carbocycles. The number of hydrogen-bond acceptors (Lipinski definition) is 3. The van der Waals surface area contributed by atoms with Gasteiger partial charge in [0.25, 0.3) is 0 Å². The van der Waals surface area contributed by atoms with Crippen LogP contribution in [0.1, 0.15) is 4.88 Å². The molecule has 80 valence electrons. The summed E-state index contributed by atoms with van der Waals surface area (Å²) in [5.41, 5.74) is 5.46. The zero-order valence-corrected chi connectivity index (χ0v) is 9.04. The van der Waals surface area contributed by atoms with E-state index in [-0.39, 0.29) is 0 Å². The topological polar surface area (TPSA) is 75.4 Å². The molecule has 0 atom stereocenters. The Balaban J connectivity index is 0.000000195. The second-order valence-corrected chi connectivity index (χ2v) is 4.16.